The molecule has 4 nitrogen and oxygen atoms in total. The van der Waals surface area contributed by atoms with Crippen LogP contribution in [0.5, 0.6) is 0 Å². The first-order valence-electron chi connectivity index (χ1n) is 6.36. The minimum atomic E-state index is -0.685. The van der Waals surface area contributed by atoms with Gasteiger partial charge in [0, 0.05) is 25.5 Å². The molecule has 2 rings (SSSR count). The summed E-state index contributed by atoms with van der Waals surface area (Å²) < 4.78 is 0. The van der Waals surface area contributed by atoms with E-state index in [2.05, 4.69) is 16.8 Å². The Hall–Kier alpha value is -1.42. The Labute approximate surface area is 108 Å². The van der Waals surface area contributed by atoms with Crippen LogP contribution in [-0.4, -0.2) is 34.0 Å². The van der Waals surface area contributed by atoms with Gasteiger partial charge in [-0.1, -0.05) is 0 Å². The monoisotopic (exact) mass is 248 g/mol. The smallest absolute Gasteiger partial charge is 0.310 e. The molecule has 1 atom stereocenters. The Kier molecular flexibility index (Phi) is 3.66. The maximum absolute atomic E-state index is 11.3. The molecule has 18 heavy (non-hydrogen) atoms. The van der Waals surface area contributed by atoms with E-state index >= 15 is 0 Å². The Bertz CT molecular complexity index is 447. The van der Waals surface area contributed by atoms with E-state index < -0.39 is 11.4 Å². The number of piperidine rings is 1. The van der Waals surface area contributed by atoms with Gasteiger partial charge in [0.2, 0.25) is 0 Å². The van der Waals surface area contributed by atoms with E-state index in [4.69, 9.17) is 0 Å². The second kappa shape index (κ2) is 5.06. The first kappa shape index (κ1) is 13.0. The number of pyridine rings is 1. The maximum Gasteiger partial charge on any atom is 0.310 e. The van der Waals surface area contributed by atoms with Crippen molar-refractivity contribution < 1.29 is 9.90 Å². The lowest BCUT2D eigenvalue weighted by atomic mass is 9.82. The van der Waals surface area contributed by atoms with Crippen molar-refractivity contribution >= 4 is 5.97 Å². The van der Waals surface area contributed by atoms with Crippen LogP contribution in [-0.2, 0) is 11.3 Å². The van der Waals surface area contributed by atoms with Gasteiger partial charge in [0.05, 0.1) is 5.41 Å². The highest BCUT2D eigenvalue weighted by molar-refractivity contribution is 5.74. The topological polar surface area (TPSA) is 53.4 Å². The SMILES string of the molecule is Cc1ccncc1CN1CCCC(C)(C(=O)O)C1. The van der Waals surface area contributed by atoms with Crippen LogP contribution in [0.2, 0.25) is 0 Å². The number of carbonyl (C=O) groups is 1. The van der Waals surface area contributed by atoms with E-state index in [9.17, 15) is 9.90 Å². The summed E-state index contributed by atoms with van der Waals surface area (Å²) in [6, 6.07) is 2.00. The number of carboxylic acid groups (broad SMARTS) is 1. The summed E-state index contributed by atoms with van der Waals surface area (Å²) in [5, 5.41) is 9.30. The van der Waals surface area contributed by atoms with Gasteiger partial charge in [-0.05, 0) is 50.4 Å². The van der Waals surface area contributed by atoms with Crippen LogP contribution in [0.1, 0.15) is 30.9 Å². The fourth-order valence-electron chi connectivity index (χ4n) is 2.56. The molecule has 2 heterocycles. The van der Waals surface area contributed by atoms with E-state index in [-0.39, 0.29) is 0 Å². The second-order valence-corrected chi connectivity index (χ2v) is 5.48. The number of aromatic nitrogens is 1. The first-order valence-corrected chi connectivity index (χ1v) is 6.36. The van der Waals surface area contributed by atoms with Crippen LogP contribution in [0.25, 0.3) is 0 Å². The summed E-state index contributed by atoms with van der Waals surface area (Å²) in [6.45, 7) is 6.30. The lowest BCUT2D eigenvalue weighted by Crippen LogP contribution is -2.45. The zero-order valence-electron chi connectivity index (χ0n) is 11.0. The van der Waals surface area contributed by atoms with Gasteiger partial charge in [0.15, 0.2) is 0 Å². The number of carboxylic acids is 1. The molecule has 0 aromatic carbocycles. The minimum absolute atomic E-state index is 0.603. The fraction of sp³-hybridized carbons (Fsp3) is 0.571. The van der Waals surface area contributed by atoms with E-state index in [1.807, 2.05) is 19.2 Å². The van der Waals surface area contributed by atoms with Gasteiger partial charge in [0.1, 0.15) is 0 Å². The Morgan fingerprint density at radius 2 is 2.39 bits per heavy atom. The maximum atomic E-state index is 11.3. The predicted molar refractivity (Wildman–Crippen MR) is 69.2 cm³/mol. The molecule has 98 valence electrons. The van der Waals surface area contributed by atoms with Crippen molar-refractivity contribution in [3.8, 4) is 0 Å². The van der Waals surface area contributed by atoms with Crippen molar-refractivity contribution in [3.05, 3.63) is 29.6 Å². The molecule has 1 N–H and O–H groups in total. The zero-order chi connectivity index (χ0) is 13.2. The minimum Gasteiger partial charge on any atom is -0.481 e. The van der Waals surface area contributed by atoms with Crippen LogP contribution in [0.4, 0.5) is 0 Å². The molecule has 0 bridgehead atoms. The summed E-state index contributed by atoms with van der Waals surface area (Å²) in [5.74, 6) is -0.685. The van der Waals surface area contributed by atoms with Gasteiger partial charge in [-0.25, -0.2) is 0 Å². The van der Waals surface area contributed by atoms with E-state index in [1.54, 1.807) is 6.20 Å². The van der Waals surface area contributed by atoms with Crippen molar-refractivity contribution in [1.29, 1.82) is 0 Å². The second-order valence-electron chi connectivity index (χ2n) is 5.48. The lowest BCUT2D eigenvalue weighted by Gasteiger charge is -2.37. The third-order valence-electron chi connectivity index (χ3n) is 3.83. The molecule has 0 aliphatic carbocycles. The number of aliphatic carboxylic acids is 1. The number of hydrogen-bond donors (Lipinski definition) is 1. The summed E-state index contributed by atoms with van der Waals surface area (Å²) >= 11 is 0. The van der Waals surface area contributed by atoms with Crippen molar-refractivity contribution in [1.82, 2.24) is 9.88 Å². The molecule has 0 saturated carbocycles. The molecular formula is C14H20N2O2. The molecule has 1 aromatic rings. The molecule has 0 spiro atoms. The molecule has 1 aromatic heterocycles. The number of aryl methyl sites for hydroxylation is 1. The summed E-state index contributed by atoms with van der Waals surface area (Å²) in [4.78, 5) is 17.7. The highest BCUT2D eigenvalue weighted by Gasteiger charge is 2.37. The van der Waals surface area contributed by atoms with E-state index in [0.29, 0.717) is 6.54 Å². The quantitative estimate of drug-likeness (QED) is 0.889. The summed E-state index contributed by atoms with van der Waals surface area (Å²) in [5.41, 5.74) is 1.80. The molecule has 1 unspecified atom stereocenters. The van der Waals surface area contributed by atoms with Crippen LogP contribution >= 0.6 is 0 Å². The molecule has 0 radical (unpaired) electrons. The Morgan fingerprint density at radius 3 is 3.06 bits per heavy atom. The average Bonchev–Trinajstić information content (AvgIpc) is 2.32. The lowest BCUT2D eigenvalue weighted by molar-refractivity contribution is -0.151. The molecule has 1 aliphatic heterocycles. The highest BCUT2D eigenvalue weighted by Crippen LogP contribution is 2.30. The molecule has 1 saturated heterocycles. The summed E-state index contributed by atoms with van der Waals surface area (Å²) in [7, 11) is 0. The van der Waals surface area contributed by atoms with Crippen LogP contribution in [0.15, 0.2) is 18.5 Å². The standard InChI is InChI=1S/C14H20N2O2/c1-11-4-6-15-8-12(11)9-16-7-3-5-14(2,10-16)13(17)18/h4,6,8H,3,5,7,9-10H2,1-2H3,(H,17,18). The predicted octanol–water partition coefficient (Wildman–Crippen LogP) is 2.08. The zero-order valence-corrected chi connectivity index (χ0v) is 11.0. The van der Waals surface area contributed by atoms with Crippen LogP contribution in [0.3, 0.4) is 0 Å². The molecule has 1 fully saturated rings. The molecular weight excluding hydrogens is 228 g/mol. The number of nitrogens with zero attached hydrogens (tertiary/aromatic N) is 2. The van der Waals surface area contributed by atoms with Crippen molar-refractivity contribution in [2.45, 2.75) is 33.2 Å². The van der Waals surface area contributed by atoms with Crippen LogP contribution in [0, 0.1) is 12.3 Å². The van der Waals surface area contributed by atoms with Crippen LogP contribution < -0.4 is 0 Å². The normalized spacial score (nSPS) is 25.0. The summed E-state index contributed by atoms with van der Waals surface area (Å²) in [6.07, 6.45) is 5.38. The van der Waals surface area contributed by atoms with Crippen molar-refractivity contribution in [2.75, 3.05) is 13.1 Å². The average molecular weight is 248 g/mol. The third-order valence-corrected chi connectivity index (χ3v) is 3.83. The third kappa shape index (κ3) is 2.70. The molecule has 4 heteroatoms. The van der Waals surface area contributed by atoms with Gasteiger partial charge in [0.25, 0.3) is 0 Å². The first-order chi connectivity index (χ1) is 8.51. The highest BCUT2D eigenvalue weighted by atomic mass is 16.4. The molecule has 0 amide bonds. The van der Waals surface area contributed by atoms with Gasteiger partial charge >= 0.3 is 5.97 Å². The van der Waals surface area contributed by atoms with Gasteiger partial charge in [-0.3, -0.25) is 14.7 Å². The van der Waals surface area contributed by atoms with E-state index in [1.165, 1.54) is 11.1 Å². The van der Waals surface area contributed by atoms with Crippen molar-refractivity contribution in [3.63, 3.8) is 0 Å². The number of rotatable bonds is 3. The molecule has 1 aliphatic rings. The number of hydrogen-bond acceptors (Lipinski definition) is 3. The van der Waals surface area contributed by atoms with Gasteiger partial charge in [-0.15, -0.1) is 0 Å². The fourth-order valence-corrected chi connectivity index (χ4v) is 2.56. The largest absolute Gasteiger partial charge is 0.481 e. The van der Waals surface area contributed by atoms with Gasteiger partial charge in [-0.2, -0.15) is 0 Å². The van der Waals surface area contributed by atoms with Gasteiger partial charge < -0.3 is 5.11 Å². The van der Waals surface area contributed by atoms with E-state index in [0.717, 1.165) is 25.9 Å². The van der Waals surface area contributed by atoms with Crippen molar-refractivity contribution in [2.24, 2.45) is 5.41 Å². The Morgan fingerprint density at radius 1 is 1.61 bits per heavy atom. The Balaban J connectivity index is 2.07. The number of likely N-dealkylation sites (tertiary alicyclic amines) is 1.